The number of unbranched alkanes of at least 4 members (excludes halogenated alkanes) is 5. The van der Waals surface area contributed by atoms with E-state index >= 15 is 28.8 Å². The van der Waals surface area contributed by atoms with Crippen LogP contribution >= 0.6 is 23.2 Å². The van der Waals surface area contributed by atoms with E-state index in [0.29, 0.717) is 30.9 Å². The van der Waals surface area contributed by atoms with Crippen molar-refractivity contribution in [3.63, 3.8) is 0 Å². The van der Waals surface area contributed by atoms with Crippen molar-refractivity contribution in [2.45, 2.75) is 188 Å². The number of phenols is 4. The number of nitrogens with one attached hydrogen (secondary N) is 9. The lowest BCUT2D eigenvalue weighted by atomic mass is 9.89. The lowest BCUT2D eigenvalue weighted by Crippen LogP contribution is -2.66. The molecule has 8 aliphatic heterocycles. The molecule has 8 amide bonds. The number of carboxylic acids is 1. The Balaban J connectivity index is 1.04. The van der Waals surface area contributed by atoms with Crippen LogP contribution in [0, 0.1) is 5.92 Å². The van der Waals surface area contributed by atoms with Gasteiger partial charge in [-0.15, -0.1) is 0 Å². The van der Waals surface area contributed by atoms with Crippen molar-refractivity contribution in [2.24, 2.45) is 5.92 Å². The van der Waals surface area contributed by atoms with Crippen LogP contribution in [0.1, 0.15) is 147 Å². The molecule has 40 heteroatoms. The Morgan fingerprint density at radius 1 is 0.562 bits per heavy atom. The van der Waals surface area contributed by atoms with Gasteiger partial charge in [0, 0.05) is 48.2 Å². The number of aliphatic hydroxyl groups is 7. The summed E-state index contributed by atoms with van der Waals surface area (Å²) in [5.41, 5.74) is -2.68. The van der Waals surface area contributed by atoms with Gasteiger partial charge < -0.3 is 147 Å². The molecule has 7 aromatic carbocycles. The first-order valence-electron chi connectivity index (χ1n) is 41.5. The Morgan fingerprint density at radius 2 is 1.21 bits per heavy atom. The van der Waals surface area contributed by atoms with Gasteiger partial charge in [0.05, 0.1) is 16.7 Å². The number of amides is 8. The Bertz CT molecular complexity index is 5340. The second kappa shape index (κ2) is 40.6. The van der Waals surface area contributed by atoms with Gasteiger partial charge in [0.15, 0.2) is 29.1 Å². The van der Waals surface area contributed by atoms with Crippen LogP contribution in [0.3, 0.4) is 0 Å². The summed E-state index contributed by atoms with van der Waals surface area (Å²) in [6.45, 7) is 3.61. The van der Waals surface area contributed by atoms with Crippen LogP contribution in [-0.2, 0) is 59.0 Å². The van der Waals surface area contributed by atoms with Gasteiger partial charge in [0.2, 0.25) is 65.6 Å². The zero-order valence-corrected chi connectivity index (χ0v) is 71.2. The van der Waals surface area contributed by atoms with Crippen LogP contribution < -0.4 is 71.5 Å². The fraction of sp³-hybridized carbons (Fsp3) is 0.420. The third-order valence-corrected chi connectivity index (χ3v) is 23.4. The first-order chi connectivity index (χ1) is 61.1. The summed E-state index contributed by atoms with van der Waals surface area (Å²) in [4.78, 5) is 140. The standard InChI is InChI=1S/C88H100Cl2N10O28/c1-38(2)13-10-8-6-7-9-11-14-61(106)94-70-73(109)75(111)78(86(120)121)128-87(70)127-77-58-31-43-32-59(77)124-55-24-19-42(29-50(55)89)71(107)69-85(119)98-67(80(114)92-25-12-26-100(4)5)48-33-44(102)34-57(125-88-76(112)74(110)72(108)60(37-101)126-88)62(48)47-28-40(17-22-52(47)103)65(82(116)99-69)95-83(117)66(43)96-84(118)68-49-35-46(36-54(105)63(49)90)123-56-30-41(18-23-53(56)104)64(91-3)81(115)93-51(79(113)97-68)27-39-15-20-45(122-58)21-16-39/h15-24,28-36,38,51,60,64-76,78,87-88,91,101-105,107-112H,6-14,25-27,37H2,1-5H3,(H,92,114)(H,93,115)(H,94,106)(H,95,117)(H,96,118)(H,97,113)(H,98,119)(H,99,116)(H,120,121)/t51-,60?,64-,65-,66-,67-,68+,69+,70?,71-,72?,73?,74?,75?,76?,78?,87?,88?/m1/s1. The number of likely N-dealkylation sites (N-methyl/N-ethyl adjacent to an activating group) is 1. The fourth-order valence-electron chi connectivity index (χ4n) is 15.9. The smallest absolute Gasteiger partial charge is 0.335 e. The molecule has 0 radical (unpaired) electrons. The molecule has 0 spiro atoms. The van der Waals surface area contributed by atoms with Gasteiger partial charge >= 0.3 is 5.97 Å². The molecule has 8 aliphatic rings. The molecule has 18 atom stereocenters. The van der Waals surface area contributed by atoms with Crippen LogP contribution in [-0.4, -0.2) is 234 Å². The molecule has 0 saturated carbocycles. The van der Waals surface area contributed by atoms with Crippen molar-refractivity contribution in [1.82, 2.24) is 52.8 Å². The lowest BCUT2D eigenvalue weighted by molar-refractivity contribution is -0.277. The summed E-state index contributed by atoms with van der Waals surface area (Å²) in [7, 11) is 4.95. The number of fused-ring (bicyclic) bond motifs is 14. The van der Waals surface area contributed by atoms with Crippen LogP contribution in [0.5, 0.6) is 69.0 Å². The second-order valence-electron chi connectivity index (χ2n) is 32.7. The largest absolute Gasteiger partial charge is 0.508 e. The van der Waals surface area contributed by atoms with Crippen LogP contribution in [0.2, 0.25) is 10.0 Å². The molecule has 684 valence electrons. The van der Waals surface area contributed by atoms with Crippen molar-refractivity contribution in [3.8, 4) is 80.1 Å². The van der Waals surface area contributed by atoms with Gasteiger partial charge in [-0.1, -0.05) is 106 Å². The van der Waals surface area contributed by atoms with E-state index in [0.717, 1.165) is 105 Å². The molecular formula is C88H100Cl2N10O28. The van der Waals surface area contributed by atoms with Crippen molar-refractivity contribution >= 4 is 76.4 Å². The molecule has 7 aromatic rings. The van der Waals surface area contributed by atoms with Gasteiger partial charge in [-0.25, -0.2) is 4.79 Å². The van der Waals surface area contributed by atoms with Crippen molar-refractivity contribution in [2.75, 3.05) is 40.8 Å². The minimum atomic E-state index is -2.45. The number of aromatic hydroxyl groups is 4. The number of phenolic OH excluding ortho intramolecular Hbond substituents is 4. The molecule has 21 N–H and O–H groups in total. The summed E-state index contributed by atoms with van der Waals surface area (Å²) in [6.07, 6.45) is -15.8. The van der Waals surface area contributed by atoms with Crippen LogP contribution in [0.25, 0.3) is 11.1 Å². The third kappa shape index (κ3) is 21.1. The van der Waals surface area contributed by atoms with Gasteiger partial charge in [-0.3, -0.25) is 38.4 Å². The van der Waals surface area contributed by atoms with Crippen LogP contribution in [0.4, 0.5) is 0 Å². The van der Waals surface area contributed by atoms with E-state index in [9.17, 15) is 75.7 Å². The van der Waals surface area contributed by atoms with Crippen LogP contribution in [0.15, 0.2) is 115 Å². The number of ether oxygens (including phenoxy) is 7. The highest BCUT2D eigenvalue weighted by Gasteiger charge is 2.52. The number of nitrogens with zero attached hydrogens (tertiary/aromatic N) is 1. The predicted octanol–water partition coefficient (Wildman–Crippen LogP) is 4.17. The summed E-state index contributed by atoms with van der Waals surface area (Å²) in [6, 6.07) is 5.68. The Kier molecular flexibility index (Phi) is 29.7. The molecule has 15 rings (SSSR count). The van der Waals surface area contributed by atoms with E-state index in [4.69, 9.17) is 56.4 Å². The van der Waals surface area contributed by atoms with Crippen molar-refractivity contribution in [1.29, 1.82) is 0 Å². The zero-order valence-electron chi connectivity index (χ0n) is 69.7. The molecule has 0 aromatic heterocycles. The quantitative estimate of drug-likeness (QED) is 0.0423. The Hall–Kier alpha value is -11.9. The molecular weight excluding hydrogens is 1720 g/mol. The van der Waals surface area contributed by atoms with Crippen molar-refractivity contribution < 1.29 is 138 Å². The average Bonchev–Trinajstić information content (AvgIpc) is 0.755. The van der Waals surface area contributed by atoms with E-state index in [1.165, 1.54) is 49.5 Å². The molecule has 10 unspecified atom stereocenters. The number of rotatable bonds is 22. The number of halogens is 2. The molecule has 128 heavy (non-hydrogen) atoms. The highest BCUT2D eigenvalue weighted by atomic mass is 35.5. The maximum Gasteiger partial charge on any atom is 0.335 e. The zero-order chi connectivity index (χ0) is 92.0. The molecule has 2 saturated heterocycles. The van der Waals surface area contributed by atoms with Gasteiger partial charge in [0.1, 0.15) is 131 Å². The summed E-state index contributed by atoms with van der Waals surface area (Å²) in [5.74, 6) is -17.5. The Labute approximate surface area is 742 Å². The van der Waals surface area contributed by atoms with E-state index in [1.54, 1.807) is 19.0 Å². The second-order valence-corrected chi connectivity index (χ2v) is 33.5. The van der Waals surface area contributed by atoms with E-state index in [2.05, 4.69) is 61.7 Å². The number of hydrogen-bond donors (Lipinski definition) is 21. The minimum absolute atomic E-state index is 0.0943. The normalized spacial score (nSPS) is 25.8. The number of carbonyl (C=O) groups excluding carboxylic acids is 8. The predicted molar refractivity (Wildman–Crippen MR) is 452 cm³/mol. The number of hydrogen-bond acceptors (Lipinski definition) is 29. The maximum absolute atomic E-state index is 16.8. The van der Waals surface area contributed by atoms with Gasteiger partial charge in [-0.05, 0) is 153 Å². The average molecular weight is 1820 g/mol. The van der Waals surface area contributed by atoms with E-state index in [-0.39, 0.29) is 47.8 Å². The van der Waals surface area contributed by atoms with Crippen molar-refractivity contribution in [3.05, 3.63) is 164 Å². The first-order valence-corrected chi connectivity index (χ1v) is 42.3. The molecule has 0 aliphatic carbocycles. The first kappa shape index (κ1) is 93.7. The highest BCUT2D eigenvalue weighted by molar-refractivity contribution is 6.33. The monoisotopic (exact) mass is 1810 g/mol. The summed E-state index contributed by atoms with van der Waals surface area (Å²) >= 11 is 14.3. The lowest BCUT2D eigenvalue weighted by Gasteiger charge is -2.41. The highest BCUT2D eigenvalue weighted by Crippen LogP contribution is 2.51. The summed E-state index contributed by atoms with van der Waals surface area (Å²) < 4.78 is 44.5. The van der Waals surface area contributed by atoms with E-state index < -0.39 is 271 Å². The molecule has 8 heterocycles. The Morgan fingerprint density at radius 3 is 1.91 bits per heavy atom. The van der Waals surface area contributed by atoms with E-state index in [1.807, 2.05) is 0 Å². The van der Waals surface area contributed by atoms with Gasteiger partial charge in [0.25, 0.3) is 0 Å². The van der Waals surface area contributed by atoms with Gasteiger partial charge in [-0.2, -0.15) is 0 Å². The molecule has 17 bridgehead atoms. The number of aliphatic carboxylic acids is 1. The summed E-state index contributed by atoms with van der Waals surface area (Å²) in [5, 5.41) is 161. The third-order valence-electron chi connectivity index (χ3n) is 22.7. The minimum Gasteiger partial charge on any atom is -0.508 e. The molecule has 38 nitrogen and oxygen atoms in total. The number of carboxylic acid groups (broad SMARTS) is 1. The number of benzene rings is 7. The SMILES string of the molecule is CN[C@H]1C(=O)N[C@@H]2Cc3ccc(cc3)Oc3cc4cc(c3OC3OC(C(=O)O)C(O)C(O)C3NC(=O)CCCCCCCCC(C)C)Oc3ccc(cc3Cl)[C@@H](O)[C@@H]3NC(=O)[C@H](NC(=O)[C@@H]4NC(=O)[C@@H](NC2=O)c2cc(cc(O)c2Cl)Oc2cc1ccc2O)c1ccc(O)c(c1)-c1c(OC2OC(CO)C(O)C(O)C2O)cc(O)cc1[C@H](C(=O)NCCCN(C)C)NC3=O. The number of aliphatic hydroxyl groups excluding tert-OH is 7. The molecule has 2 fully saturated rings. The number of carbonyl (C=O) groups is 9. The fourth-order valence-corrected chi connectivity index (χ4v) is 16.4. The maximum atomic E-state index is 16.8. The topological polar surface area (TPSA) is 573 Å².